The number of nitrogen functional groups attached to an aromatic ring is 2. The predicted octanol–water partition coefficient (Wildman–Crippen LogP) is 5.41. The summed E-state index contributed by atoms with van der Waals surface area (Å²) in [5.74, 6) is 0. The summed E-state index contributed by atoms with van der Waals surface area (Å²) in [6.45, 7) is 4.14. The third-order valence-corrected chi connectivity index (χ3v) is 4.80. The van der Waals surface area contributed by atoms with Crippen molar-refractivity contribution in [3.63, 3.8) is 0 Å². The zero-order chi connectivity index (χ0) is 20.1. The molecule has 4 heteroatoms. The monoisotopic (exact) mass is 370 g/mol. The molecule has 28 heavy (non-hydrogen) atoms. The average molecular weight is 371 g/mol. The van der Waals surface area contributed by atoms with Gasteiger partial charge in [-0.05, 0) is 48.6 Å². The van der Waals surface area contributed by atoms with Crippen molar-refractivity contribution in [1.29, 1.82) is 0 Å². The summed E-state index contributed by atoms with van der Waals surface area (Å²) < 4.78 is 0. The lowest BCUT2D eigenvalue weighted by Crippen LogP contribution is -1.96. The van der Waals surface area contributed by atoms with Gasteiger partial charge in [0, 0.05) is 18.0 Å². The van der Waals surface area contributed by atoms with Crippen molar-refractivity contribution < 1.29 is 0 Å². The van der Waals surface area contributed by atoms with E-state index < -0.39 is 0 Å². The van der Waals surface area contributed by atoms with E-state index in [1.165, 1.54) is 22.1 Å². The molecule has 0 amide bonds. The Morgan fingerprint density at radius 3 is 2.11 bits per heavy atom. The smallest absolute Gasteiger partial charge is 0.0706 e. The molecule has 1 heterocycles. The Morgan fingerprint density at radius 1 is 0.786 bits per heavy atom. The fraction of sp³-hybridized carbons (Fsp3) is 0.125. The van der Waals surface area contributed by atoms with Crippen molar-refractivity contribution >= 4 is 27.8 Å². The Balaban J connectivity index is 0.000000162. The van der Waals surface area contributed by atoms with E-state index >= 15 is 0 Å². The number of nitrogens with two attached hydrogens (primary N) is 2. The van der Waals surface area contributed by atoms with Crippen LogP contribution in [0.1, 0.15) is 11.1 Å². The van der Waals surface area contributed by atoms with Gasteiger partial charge in [-0.25, -0.2) is 0 Å². The summed E-state index contributed by atoms with van der Waals surface area (Å²) >= 11 is 0. The van der Waals surface area contributed by atoms with E-state index in [-0.39, 0.29) is 0 Å². The van der Waals surface area contributed by atoms with Crippen molar-refractivity contribution in [2.45, 2.75) is 13.8 Å². The molecule has 142 valence electrons. The zero-order valence-corrected chi connectivity index (χ0v) is 16.5. The minimum Gasteiger partial charge on any atom is -0.397 e. The predicted molar refractivity (Wildman–Crippen MR) is 121 cm³/mol. The second-order valence-electron chi connectivity index (χ2n) is 6.74. The fourth-order valence-electron chi connectivity index (χ4n) is 3.17. The summed E-state index contributed by atoms with van der Waals surface area (Å²) in [5.41, 5.74) is 18.6. The number of benzene rings is 3. The first-order chi connectivity index (χ1) is 13.5. The fourth-order valence-corrected chi connectivity index (χ4v) is 3.17. The molecule has 0 bridgehead atoms. The molecule has 5 N–H and O–H groups in total. The minimum absolute atomic E-state index is 0.663. The van der Waals surface area contributed by atoms with Crippen molar-refractivity contribution in [3.05, 3.63) is 84.1 Å². The van der Waals surface area contributed by atoms with Crippen LogP contribution < -0.4 is 16.8 Å². The van der Waals surface area contributed by atoms with E-state index in [1.807, 2.05) is 68.7 Å². The molecule has 0 saturated carbocycles. The normalized spacial score (nSPS) is 10.2. The Kier molecular flexibility index (Phi) is 5.80. The maximum Gasteiger partial charge on any atom is 0.0706 e. The number of anilines is 3. The second kappa shape index (κ2) is 8.44. The van der Waals surface area contributed by atoms with Gasteiger partial charge in [0.2, 0.25) is 0 Å². The highest BCUT2D eigenvalue weighted by Crippen LogP contribution is 2.29. The SMILES string of the molecule is CNc1ccc(-c2ccccc2C)nc1.Cc1cc(N)c(N)c2ccccc12. The van der Waals surface area contributed by atoms with Crippen LogP contribution >= 0.6 is 0 Å². The van der Waals surface area contributed by atoms with Gasteiger partial charge in [-0.15, -0.1) is 0 Å². The lowest BCUT2D eigenvalue weighted by Gasteiger charge is -2.07. The number of aromatic nitrogens is 1. The Labute approximate surface area is 166 Å². The van der Waals surface area contributed by atoms with Gasteiger partial charge in [0.1, 0.15) is 0 Å². The highest BCUT2D eigenvalue weighted by Gasteiger charge is 2.03. The van der Waals surface area contributed by atoms with Crippen molar-refractivity contribution in [1.82, 2.24) is 4.98 Å². The number of nitrogens with one attached hydrogen (secondary N) is 1. The van der Waals surface area contributed by atoms with Gasteiger partial charge >= 0.3 is 0 Å². The quantitative estimate of drug-likeness (QED) is 0.412. The van der Waals surface area contributed by atoms with Gasteiger partial charge in [0.25, 0.3) is 0 Å². The zero-order valence-electron chi connectivity index (χ0n) is 16.5. The molecule has 3 aromatic carbocycles. The maximum atomic E-state index is 5.86. The molecular weight excluding hydrogens is 344 g/mol. The topological polar surface area (TPSA) is 77.0 Å². The van der Waals surface area contributed by atoms with Gasteiger partial charge in [0.05, 0.1) is 29.0 Å². The van der Waals surface area contributed by atoms with Gasteiger partial charge in [-0.2, -0.15) is 0 Å². The van der Waals surface area contributed by atoms with Crippen LogP contribution in [0.4, 0.5) is 17.1 Å². The Morgan fingerprint density at radius 2 is 1.46 bits per heavy atom. The van der Waals surface area contributed by atoms with Gasteiger partial charge in [0.15, 0.2) is 0 Å². The first-order valence-electron chi connectivity index (χ1n) is 9.24. The van der Waals surface area contributed by atoms with E-state index in [4.69, 9.17) is 11.5 Å². The maximum absolute atomic E-state index is 5.86. The van der Waals surface area contributed by atoms with Gasteiger partial charge in [-0.3, -0.25) is 4.98 Å². The third kappa shape index (κ3) is 4.07. The number of fused-ring (bicyclic) bond motifs is 1. The van der Waals surface area contributed by atoms with Crippen LogP contribution in [0.25, 0.3) is 22.0 Å². The number of nitrogens with zero attached hydrogens (tertiary/aromatic N) is 1. The van der Waals surface area contributed by atoms with Crippen molar-refractivity contribution in [2.75, 3.05) is 23.8 Å². The van der Waals surface area contributed by atoms with Crippen LogP contribution in [-0.2, 0) is 0 Å². The lowest BCUT2D eigenvalue weighted by atomic mass is 10.0. The molecule has 0 spiro atoms. The molecule has 0 atom stereocenters. The number of aryl methyl sites for hydroxylation is 2. The van der Waals surface area contributed by atoms with Crippen LogP contribution in [0.3, 0.4) is 0 Å². The molecule has 0 saturated heterocycles. The summed E-state index contributed by atoms with van der Waals surface area (Å²) in [6.07, 6.45) is 1.85. The standard InChI is InChI=1S/C13H14N2.C11H12N2/c1-10-5-3-4-6-12(10)13-8-7-11(14-2)9-15-13;1-7-6-10(12)11(13)9-5-3-2-4-8(7)9/h3-9,14H,1-2H3;2-6H,12-13H2,1H3. The summed E-state index contributed by atoms with van der Waals surface area (Å²) in [7, 11) is 1.89. The number of hydrogen-bond donors (Lipinski definition) is 3. The van der Waals surface area contributed by atoms with Crippen molar-refractivity contribution in [2.24, 2.45) is 0 Å². The summed E-state index contributed by atoms with van der Waals surface area (Å²) in [5, 5.41) is 5.27. The molecule has 0 fully saturated rings. The van der Waals surface area contributed by atoms with Gasteiger partial charge in [-0.1, -0.05) is 48.5 Å². The first kappa shape index (κ1) is 19.2. The van der Waals surface area contributed by atoms with Crippen molar-refractivity contribution in [3.8, 4) is 11.3 Å². The molecule has 0 radical (unpaired) electrons. The van der Waals surface area contributed by atoms with Crippen LogP contribution in [0, 0.1) is 13.8 Å². The molecule has 0 aliphatic heterocycles. The van der Waals surface area contributed by atoms with Crippen LogP contribution in [-0.4, -0.2) is 12.0 Å². The van der Waals surface area contributed by atoms with Crippen LogP contribution in [0.2, 0.25) is 0 Å². The number of rotatable bonds is 2. The molecule has 4 nitrogen and oxygen atoms in total. The Hall–Kier alpha value is -3.53. The van der Waals surface area contributed by atoms with E-state index in [9.17, 15) is 0 Å². The largest absolute Gasteiger partial charge is 0.397 e. The molecule has 0 unspecified atom stereocenters. The highest BCUT2D eigenvalue weighted by molar-refractivity contribution is 6.00. The van der Waals surface area contributed by atoms with Crippen LogP contribution in [0.15, 0.2) is 72.9 Å². The average Bonchev–Trinajstić information content (AvgIpc) is 2.73. The molecule has 0 aliphatic rings. The van der Waals surface area contributed by atoms with E-state index in [0.717, 1.165) is 16.8 Å². The molecule has 4 aromatic rings. The molecule has 0 aliphatic carbocycles. The molecular formula is C24H26N4. The van der Waals surface area contributed by atoms with E-state index in [2.05, 4.69) is 35.4 Å². The lowest BCUT2D eigenvalue weighted by molar-refractivity contribution is 1.29. The third-order valence-electron chi connectivity index (χ3n) is 4.80. The first-order valence-corrected chi connectivity index (χ1v) is 9.24. The van der Waals surface area contributed by atoms with Crippen LogP contribution in [0.5, 0.6) is 0 Å². The minimum atomic E-state index is 0.663. The summed E-state index contributed by atoms with van der Waals surface area (Å²) in [4.78, 5) is 4.42. The number of pyridine rings is 1. The van der Waals surface area contributed by atoms with E-state index in [1.54, 1.807) is 0 Å². The molecule has 1 aromatic heterocycles. The number of hydrogen-bond acceptors (Lipinski definition) is 4. The second-order valence-corrected chi connectivity index (χ2v) is 6.74. The van der Waals surface area contributed by atoms with E-state index in [0.29, 0.717) is 11.4 Å². The highest BCUT2D eigenvalue weighted by atomic mass is 14.8. The van der Waals surface area contributed by atoms with Gasteiger partial charge < -0.3 is 16.8 Å². The summed E-state index contributed by atoms with van der Waals surface area (Å²) in [6, 6.07) is 22.3. The molecule has 4 rings (SSSR count). The Bertz CT molecular complexity index is 1090.